The zero-order chi connectivity index (χ0) is 20.2. The largest absolute Gasteiger partial charge is 0.338 e. The van der Waals surface area contributed by atoms with Crippen LogP contribution in [0.3, 0.4) is 0 Å². The fraction of sp³-hybridized carbons (Fsp3) is 0.250. The highest BCUT2D eigenvalue weighted by Crippen LogP contribution is 2.33. The molecule has 1 amide bonds. The van der Waals surface area contributed by atoms with E-state index in [-0.39, 0.29) is 12.5 Å². The summed E-state index contributed by atoms with van der Waals surface area (Å²) < 4.78 is 70.6. The van der Waals surface area contributed by atoms with Gasteiger partial charge in [0.2, 0.25) is 11.7 Å². The lowest BCUT2D eigenvalue weighted by molar-refractivity contribution is -0.129. The van der Waals surface area contributed by atoms with Gasteiger partial charge in [-0.25, -0.2) is 22.0 Å². The van der Waals surface area contributed by atoms with Crippen LogP contribution in [0.2, 0.25) is 0 Å². The second-order valence-electron chi connectivity index (χ2n) is 6.77. The molecule has 3 nitrogen and oxygen atoms in total. The first-order valence-corrected chi connectivity index (χ1v) is 8.66. The number of carbonyl (C=O) groups excluding carboxylic acids is 1. The Bertz CT molecular complexity index is 1090. The lowest BCUT2D eigenvalue weighted by Crippen LogP contribution is -2.35. The number of hydrogen-bond acceptors (Lipinski definition) is 1. The maximum atomic E-state index is 14.2. The third-order valence-electron chi connectivity index (χ3n) is 5.23. The molecule has 0 unspecified atom stereocenters. The van der Waals surface area contributed by atoms with Crippen molar-refractivity contribution >= 4 is 16.8 Å². The van der Waals surface area contributed by atoms with Gasteiger partial charge in [0, 0.05) is 35.6 Å². The van der Waals surface area contributed by atoms with Gasteiger partial charge in [-0.2, -0.15) is 0 Å². The summed E-state index contributed by atoms with van der Waals surface area (Å²) in [6.45, 7) is 1.59. The quantitative estimate of drug-likeness (QED) is 0.362. The third kappa shape index (κ3) is 2.66. The fourth-order valence-corrected chi connectivity index (χ4v) is 3.79. The molecule has 0 aliphatic carbocycles. The Balaban J connectivity index is 1.92. The van der Waals surface area contributed by atoms with Gasteiger partial charge in [0.05, 0.1) is 13.1 Å². The van der Waals surface area contributed by atoms with Crippen LogP contribution >= 0.6 is 0 Å². The van der Waals surface area contributed by atoms with Crippen LogP contribution in [-0.2, 0) is 24.3 Å². The van der Waals surface area contributed by atoms with Crippen molar-refractivity contribution in [1.29, 1.82) is 0 Å². The number of halogens is 5. The van der Waals surface area contributed by atoms with Gasteiger partial charge in [0.1, 0.15) is 0 Å². The van der Waals surface area contributed by atoms with E-state index in [1.165, 1.54) is 11.5 Å². The van der Waals surface area contributed by atoms with Crippen LogP contribution in [0.5, 0.6) is 0 Å². The van der Waals surface area contributed by atoms with Crippen LogP contribution in [0.1, 0.15) is 23.7 Å². The van der Waals surface area contributed by atoms with Gasteiger partial charge in [-0.05, 0) is 18.1 Å². The summed E-state index contributed by atoms with van der Waals surface area (Å²) in [6.07, 6.45) is 0.541. The van der Waals surface area contributed by atoms with Crippen LogP contribution in [0.4, 0.5) is 22.0 Å². The minimum atomic E-state index is -2.18. The second kappa shape index (κ2) is 6.61. The molecule has 28 heavy (non-hydrogen) atoms. The van der Waals surface area contributed by atoms with Crippen molar-refractivity contribution < 1.29 is 26.7 Å². The van der Waals surface area contributed by atoms with Crippen LogP contribution in [0, 0.1) is 29.1 Å². The molecule has 0 spiro atoms. The number of nitrogens with zero attached hydrogens (tertiary/aromatic N) is 2. The lowest BCUT2D eigenvalue weighted by Gasteiger charge is -2.27. The van der Waals surface area contributed by atoms with Gasteiger partial charge < -0.3 is 9.47 Å². The number of para-hydroxylation sites is 1. The number of carbonyl (C=O) groups is 1. The molecule has 1 aliphatic rings. The van der Waals surface area contributed by atoms with E-state index in [9.17, 15) is 26.7 Å². The van der Waals surface area contributed by atoms with E-state index >= 15 is 0 Å². The predicted octanol–water partition coefficient (Wildman–Crippen LogP) is 4.29. The first kappa shape index (κ1) is 18.5. The van der Waals surface area contributed by atoms with E-state index in [2.05, 4.69) is 0 Å². The Morgan fingerprint density at radius 2 is 1.57 bits per heavy atom. The maximum Gasteiger partial charge on any atom is 0.219 e. The van der Waals surface area contributed by atoms with Gasteiger partial charge in [-0.3, -0.25) is 4.79 Å². The van der Waals surface area contributed by atoms with Crippen LogP contribution in [-0.4, -0.2) is 21.9 Å². The van der Waals surface area contributed by atoms with E-state index in [1.807, 2.05) is 12.1 Å². The summed E-state index contributed by atoms with van der Waals surface area (Å²) in [5.41, 5.74) is 1.25. The molecule has 0 saturated heterocycles. The van der Waals surface area contributed by atoms with E-state index in [4.69, 9.17) is 0 Å². The molecule has 1 aliphatic heterocycles. The van der Waals surface area contributed by atoms with E-state index in [0.29, 0.717) is 24.2 Å². The van der Waals surface area contributed by atoms with E-state index < -0.39 is 41.2 Å². The molecule has 2 heterocycles. The average molecular weight is 394 g/mol. The highest BCUT2D eigenvalue weighted by atomic mass is 19.2. The molecule has 0 saturated carbocycles. The molecule has 146 valence electrons. The molecule has 4 rings (SSSR count). The minimum Gasteiger partial charge on any atom is -0.338 e. The van der Waals surface area contributed by atoms with Crippen molar-refractivity contribution in [1.82, 2.24) is 9.47 Å². The minimum absolute atomic E-state index is 0.154. The number of aromatic nitrogens is 1. The highest BCUT2D eigenvalue weighted by molar-refractivity contribution is 5.86. The summed E-state index contributed by atoms with van der Waals surface area (Å²) in [5, 5.41) is 0.838. The average Bonchev–Trinajstić information content (AvgIpc) is 3.01. The number of hydrogen-bond donors (Lipinski definition) is 0. The Morgan fingerprint density at radius 3 is 2.21 bits per heavy atom. The van der Waals surface area contributed by atoms with Gasteiger partial charge in [-0.1, -0.05) is 18.2 Å². The Kier molecular flexibility index (Phi) is 4.36. The number of benzene rings is 2. The van der Waals surface area contributed by atoms with Gasteiger partial charge >= 0.3 is 0 Å². The highest BCUT2D eigenvalue weighted by Gasteiger charge is 2.29. The van der Waals surface area contributed by atoms with Crippen LogP contribution in [0.15, 0.2) is 24.3 Å². The summed E-state index contributed by atoms with van der Waals surface area (Å²) in [6, 6.07) is 7.10. The number of rotatable bonds is 2. The molecule has 0 atom stereocenters. The molecule has 0 fully saturated rings. The number of fused-ring (bicyclic) bond motifs is 3. The van der Waals surface area contributed by atoms with Crippen molar-refractivity contribution in [2.45, 2.75) is 26.4 Å². The maximum absolute atomic E-state index is 14.2. The molecule has 2 aromatic carbocycles. The van der Waals surface area contributed by atoms with Crippen molar-refractivity contribution in [3.05, 3.63) is 70.2 Å². The van der Waals surface area contributed by atoms with Gasteiger partial charge in [0.15, 0.2) is 23.3 Å². The molecular weight excluding hydrogens is 379 g/mol. The van der Waals surface area contributed by atoms with Crippen molar-refractivity contribution in [3.63, 3.8) is 0 Å². The third-order valence-corrected chi connectivity index (χ3v) is 5.23. The second-order valence-corrected chi connectivity index (χ2v) is 6.77. The Morgan fingerprint density at radius 1 is 0.964 bits per heavy atom. The predicted molar refractivity (Wildman–Crippen MR) is 92.1 cm³/mol. The molecule has 3 aromatic rings. The van der Waals surface area contributed by atoms with Gasteiger partial charge in [-0.15, -0.1) is 0 Å². The van der Waals surface area contributed by atoms with Crippen molar-refractivity contribution in [3.8, 4) is 0 Å². The monoisotopic (exact) mass is 394 g/mol. The Hall–Kier alpha value is -2.90. The Labute approximate surface area is 157 Å². The molecule has 0 radical (unpaired) electrons. The van der Waals surface area contributed by atoms with Crippen LogP contribution < -0.4 is 0 Å². The molecule has 0 N–H and O–H groups in total. The van der Waals surface area contributed by atoms with Gasteiger partial charge in [0.25, 0.3) is 0 Å². The summed E-state index contributed by atoms with van der Waals surface area (Å²) in [5.74, 6) is -9.96. The van der Waals surface area contributed by atoms with Crippen molar-refractivity contribution in [2.24, 2.45) is 0 Å². The number of amides is 1. The smallest absolute Gasteiger partial charge is 0.219 e. The molecule has 1 aromatic heterocycles. The summed E-state index contributed by atoms with van der Waals surface area (Å²) in [7, 11) is 0. The molecule has 0 bridgehead atoms. The first-order chi connectivity index (χ1) is 13.3. The molecule has 8 heteroatoms. The lowest BCUT2D eigenvalue weighted by atomic mass is 10.0. The normalized spacial score (nSPS) is 13.9. The zero-order valence-corrected chi connectivity index (χ0v) is 14.8. The summed E-state index contributed by atoms with van der Waals surface area (Å²) in [4.78, 5) is 13.4. The topological polar surface area (TPSA) is 25.2 Å². The summed E-state index contributed by atoms with van der Waals surface area (Å²) >= 11 is 0. The van der Waals surface area contributed by atoms with Crippen molar-refractivity contribution in [2.75, 3.05) is 6.54 Å². The molecular formula is C20H15F5N2O. The zero-order valence-electron chi connectivity index (χ0n) is 14.8. The SMILES string of the molecule is CC(=O)N1CCc2c(n(Cc3c(F)c(F)c(F)c(F)c3F)c3ccccc23)C1. The van der Waals surface area contributed by atoms with Crippen LogP contribution in [0.25, 0.3) is 10.9 Å². The first-order valence-electron chi connectivity index (χ1n) is 8.66. The standard InChI is InChI=1S/C20H15F5N2O/c1-10(28)26-7-6-12-11-4-2-3-5-14(11)27(15(12)9-26)8-13-16(21)18(23)20(25)19(24)17(13)22/h2-5H,6-9H2,1H3. The fourth-order valence-electron chi connectivity index (χ4n) is 3.79. The van der Waals surface area contributed by atoms with E-state index in [1.54, 1.807) is 17.0 Å². The van der Waals surface area contributed by atoms with E-state index in [0.717, 1.165) is 10.9 Å².